The van der Waals surface area contributed by atoms with Crippen LogP contribution in [0.15, 0.2) is 72.9 Å². The van der Waals surface area contributed by atoms with E-state index in [1.54, 1.807) is 36.5 Å². The molecule has 0 unspecified atom stereocenters. The molecule has 4 nitrogen and oxygen atoms in total. The first-order valence-electron chi connectivity index (χ1n) is 7.51. The number of fused-ring (bicyclic) bond motifs is 2. The first-order chi connectivity index (χ1) is 11.7. The number of aromatic hydroxyl groups is 1. The summed E-state index contributed by atoms with van der Waals surface area (Å²) in [6, 6.07) is 19.8. The molecular formula is C20H13NO3. The van der Waals surface area contributed by atoms with Gasteiger partial charge in [-0.2, -0.15) is 0 Å². The molecule has 0 aliphatic rings. The van der Waals surface area contributed by atoms with Crippen LogP contribution in [0.5, 0.6) is 11.5 Å². The van der Waals surface area contributed by atoms with Gasteiger partial charge in [0.15, 0.2) is 5.75 Å². The first-order valence-corrected chi connectivity index (χ1v) is 7.51. The van der Waals surface area contributed by atoms with Gasteiger partial charge in [0.05, 0.1) is 0 Å². The van der Waals surface area contributed by atoms with Crippen molar-refractivity contribution in [1.82, 2.24) is 4.98 Å². The van der Waals surface area contributed by atoms with Gasteiger partial charge in [-0.1, -0.05) is 48.5 Å². The predicted octanol–water partition coefficient (Wildman–Crippen LogP) is 4.31. The molecule has 1 N–H and O–H groups in total. The average Bonchev–Trinajstić information content (AvgIpc) is 2.62. The third kappa shape index (κ3) is 2.34. The zero-order valence-corrected chi connectivity index (χ0v) is 12.6. The quantitative estimate of drug-likeness (QED) is 0.442. The van der Waals surface area contributed by atoms with Crippen LogP contribution in [0.25, 0.3) is 21.7 Å². The Hall–Kier alpha value is -3.40. The van der Waals surface area contributed by atoms with Crippen LogP contribution in [0, 0.1) is 0 Å². The SMILES string of the molecule is O=C(Oc1cccc2cccnc12)c1ccc2ccccc2c1O. The van der Waals surface area contributed by atoms with Crippen molar-refractivity contribution in [2.45, 2.75) is 0 Å². The van der Waals surface area contributed by atoms with Gasteiger partial charge < -0.3 is 9.84 Å². The summed E-state index contributed by atoms with van der Waals surface area (Å²) in [5.74, 6) is -0.326. The molecule has 0 aliphatic carbocycles. The van der Waals surface area contributed by atoms with Crippen molar-refractivity contribution >= 4 is 27.6 Å². The standard InChI is InChI=1S/C20H13NO3/c22-19-15-8-2-1-5-13(15)10-11-16(19)20(23)24-17-9-3-6-14-7-4-12-21-18(14)17/h1-12,22H. The average molecular weight is 315 g/mol. The highest BCUT2D eigenvalue weighted by atomic mass is 16.5. The lowest BCUT2D eigenvalue weighted by molar-refractivity contribution is 0.0734. The molecule has 0 bridgehead atoms. The van der Waals surface area contributed by atoms with E-state index in [1.807, 2.05) is 36.4 Å². The molecule has 116 valence electrons. The second-order valence-corrected chi connectivity index (χ2v) is 5.40. The van der Waals surface area contributed by atoms with Gasteiger partial charge in [-0.3, -0.25) is 4.98 Å². The second-order valence-electron chi connectivity index (χ2n) is 5.40. The van der Waals surface area contributed by atoms with E-state index in [2.05, 4.69) is 4.98 Å². The lowest BCUT2D eigenvalue weighted by Crippen LogP contribution is -2.09. The van der Waals surface area contributed by atoms with Gasteiger partial charge in [-0.25, -0.2) is 4.79 Å². The third-order valence-electron chi connectivity index (χ3n) is 3.92. The maximum atomic E-state index is 12.5. The molecule has 0 spiro atoms. The lowest BCUT2D eigenvalue weighted by Gasteiger charge is -2.09. The number of benzene rings is 3. The van der Waals surface area contributed by atoms with Crippen LogP contribution in [0.1, 0.15) is 10.4 Å². The number of rotatable bonds is 2. The first kappa shape index (κ1) is 14.2. The van der Waals surface area contributed by atoms with Gasteiger partial charge in [0.2, 0.25) is 0 Å². The summed E-state index contributed by atoms with van der Waals surface area (Å²) in [6.07, 6.45) is 1.65. The maximum Gasteiger partial charge on any atom is 0.347 e. The predicted molar refractivity (Wildman–Crippen MR) is 92.3 cm³/mol. The molecule has 4 aromatic rings. The molecule has 0 saturated carbocycles. The number of carbonyl (C=O) groups is 1. The van der Waals surface area contributed by atoms with Crippen LogP contribution < -0.4 is 4.74 Å². The van der Waals surface area contributed by atoms with E-state index in [-0.39, 0.29) is 11.3 Å². The van der Waals surface area contributed by atoms with Gasteiger partial charge in [0, 0.05) is 17.0 Å². The topological polar surface area (TPSA) is 59.4 Å². The highest BCUT2D eigenvalue weighted by Gasteiger charge is 2.17. The van der Waals surface area contributed by atoms with E-state index in [4.69, 9.17) is 4.74 Å². The monoisotopic (exact) mass is 315 g/mol. The Balaban J connectivity index is 1.75. The van der Waals surface area contributed by atoms with E-state index in [0.717, 1.165) is 10.8 Å². The minimum Gasteiger partial charge on any atom is -0.506 e. The number of ether oxygens (including phenoxy) is 1. The van der Waals surface area contributed by atoms with Gasteiger partial charge >= 0.3 is 5.97 Å². The summed E-state index contributed by atoms with van der Waals surface area (Å²) in [6.45, 7) is 0. The van der Waals surface area contributed by atoms with E-state index in [1.165, 1.54) is 0 Å². The highest BCUT2D eigenvalue weighted by Crippen LogP contribution is 2.30. The Labute approximate surface area is 138 Å². The summed E-state index contributed by atoms with van der Waals surface area (Å²) in [5, 5.41) is 12.7. The van der Waals surface area contributed by atoms with Crippen LogP contribution in [-0.4, -0.2) is 16.1 Å². The molecular weight excluding hydrogens is 302 g/mol. The number of aromatic nitrogens is 1. The fourth-order valence-electron chi connectivity index (χ4n) is 2.73. The second kappa shape index (κ2) is 5.66. The molecule has 0 saturated heterocycles. The van der Waals surface area contributed by atoms with Crippen LogP contribution in [-0.2, 0) is 0 Å². The number of hydrogen-bond acceptors (Lipinski definition) is 4. The highest BCUT2D eigenvalue weighted by molar-refractivity contribution is 6.02. The summed E-state index contributed by atoms with van der Waals surface area (Å²) in [7, 11) is 0. The van der Waals surface area contributed by atoms with E-state index < -0.39 is 5.97 Å². The number of nitrogens with zero attached hydrogens (tertiary/aromatic N) is 1. The van der Waals surface area contributed by atoms with Crippen molar-refractivity contribution < 1.29 is 14.6 Å². The van der Waals surface area contributed by atoms with Gasteiger partial charge in [-0.15, -0.1) is 0 Å². The molecule has 4 heteroatoms. The van der Waals surface area contributed by atoms with E-state index in [0.29, 0.717) is 16.7 Å². The minimum atomic E-state index is -0.614. The van der Waals surface area contributed by atoms with Gasteiger partial charge in [0.25, 0.3) is 0 Å². The number of phenolic OH excluding ortho intramolecular Hbond substituents is 1. The van der Waals surface area contributed by atoms with Gasteiger partial charge in [0.1, 0.15) is 16.8 Å². The zero-order valence-electron chi connectivity index (χ0n) is 12.6. The molecule has 1 heterocycles. The number of phenols is 1. The third-order valence-corrected chi connectivity index (χ3v) is 3.92. The van der Waals surface area contributed by atoms with Crippen molar-refractivity contribution in [2.75, 3.05) is 0 Å². The Morgan fingerprint density at radius 2 is 1.67 bits per heavy atom. The Morgan fingerprint density at radius 1 is 0.875 bits per heavy atom. The van der Waals surface area contributed by atoms with Crippen LogP contribution in [0.3, 0.4) is 0 Å². The molecule has 0 atom stereocenters. The number of hydrogen-bond donors (Lipinski definition) is 1. The molecule has 4 rings (SSSR count). The number of carbonyl (C=O) groups excluding carboxylic acids is 1. The summed E-state index contributed by atoms with van der Waals surface area (Å²) in [5.41, 5.74) is 0.732. The Bertz CT molecular complexity index is 1070. The van der Waals surface area contributed by atoms with Gasteiger partial charge in [-0.05, 0) is 23.6 Å². The fourth-order valence-corrected chi connectivity index (χ4v) is 2.73. The summed E-state index contributed by atoms with van der Waals surface area (Å²) < 4.78 is 5.48. The van der Waals surface area contributed by atoms with E-state index >= 15 is 0 Å². The lowest BCUT2D eigenvalue weighted by atomic mass is 10.1. The smallest absolute Gasteiger partial charge is 0.347 e. The number of para-hydroxylation sites is 1. The fraction of sp³-hybridized carbons (Fsp3) is 0. The van der Waals surface area contributed by atoms with Crippen molar-refractivity contribution in [1.29, 1.82) is 0 Å². The van der Waals surface area contributed by atoms with Crippen molar-refractivity contribution in [3.63, 3.8) is 0 Å². The summed E-state index contributed by atoms with van der Waals surface area (Å²) in [4.78, 5) is 16.8. The molecule has 0 radical (unpaired) electrons. The van der Waals surface area contributed by atoms with Crippen LogP contribution >= 0.6 is 0 Å². The zero-order chi connectivity index (χ0) is 16.5. The molecule has 0 amide bonds. The van der Waals surface area contributed by atoms with Crippen molar-refractivity contribution in [3.8, 4) is 11.5 Å². The van der Waals surface area contributed by atoms with Crippen LogP contribution in [0.2, 0.25) is 0 Å². The maximum absolute atomic E-state index is 12.5. The Kier molecular flexibility index (Phi) is 3.35. The van der Waals surface area contributed by atoms with Crippen molar-refractivity contribution in [3.05, 3.63) is 78.5 Å². The minimum absolute atomic E-state index is 0.0775. The molecule has 0 aliphatic heterocycles. The molecule has 24 heavy (non-hydrogen) atoms. The van der Waals surface area contributed by atoms with E-state index in [9.17, 15) is 9.90 Å². The van der Waals surface area contributed by atoms with Crippen LogP contribution in [0.4, 0.5) is 0 Å². The molecule has 1 aromatic heterocycles. The normalized spacial score (nSPS) is 10.8. The number of esters is 1. The Morgan fingerprint density at radius 3 is 2.58 bits per heavy atom. The largest absolute Gasteiger partial charge is 0.506 e. The van der Waals surface area contributed by atoms with Crippen molar-refractivity contribution in [2.24, 2.45) is 0 Å². The summed E-state index contributed by atoms with van der Waals surface area (Å²) >= 11 is 0. The molecule has 0 fully saturated rings. The molecule has 3 aromatic carbocycles. The number of pyridine rings is 1.